The minimum atomic E-state index is -1.18. The molecule has 0 aromatic rings. The lowest BCUT2D eigenvalue weighted by atomic mass is 10.3. The van der Waals surface area contributed by atoms with Gasteiger partial charge in [-0.3, -0.25) is 4.79 Å². The van der Waals surface area contributed by atoms with Crippen molar-refractivity contribution < 1.29 is 43.2 Å². The number of carboxylic acids is 1. The number of esters is 2. The van der Waals surface area contributed by atoms with Crippen molar-refractivity contribution in [1.82, 2.24) is 5.32 Å². The highest BCUT2D eigenvalue weighted by atomic mass is 16.7. The number of carbonyl (C=O) groups excluding carboxylic acids is 3. The molecule has 2 N–H and O–H groups in total. The zero-order valence-corrected chi connectivity index (χ0v) is 12.1. The summed E-state index contributed by atoms with van der Waals surface area (Å²) >= 11 is 0. The summed E-state index contributed by atoms with van der Waals surface area (Å²) in [5, 5.41) is 11.1. The molecule has 0 aromatic heterocycles. The number of hydrogen-bond donors (Lipinski definition) is 2. The lowest BCUT2D eigenvalue weighted by Crippen LogP contribution is -2.38. The standard InChI is InChI=1S/C12H17NO9/c1-13-8(11(16)17)7-22-12(18)21-6-5-20-10(15)4-3-9(14)19-2/h3-4,8,13H,5-7H2,1-2H3,(H,16,17)/b4-3+/t8-/m0/s1. The van der Waals surface area contributed by atoms with Gasteiger partial charge in [-0.1, -0.05) is 0 Å². The number of aliphatic carboxylic acids is 1. The molecule has 0 aliphatic rings. The average molecular weight is 319 g/mol. The Morgan fingerprint density at radius 2 is 1.64 bits per heavy atom. The van der Waals surface area contributed by atoms with Gasteiger partial charge in [0.2, 0.25) is 0 Å². The van der Waals surface area contributed by atoms with E-state index in [0.717, 1.165) is 19.3 Å². The van der Waals surface area contributed by atoms with Gasteiger partial charge in [0.1, 0.15) is 25.9 Å². The van der Waals surface area contributed by atoms with Gasteiger partial charge in [0, 0.05) is 12.2 Å². The molecule has 22 heavy (non-hydrogen) atoms. The van der Waals surface area contributed by atoms with Crippen molar-refractivity contribution in [3.8, 4) is 0 Å². The maximum Gasteiger partial charge on any atom is 0.508 e. The minimum absolute atomic E-state index is 0.256. The Balaban J connectivity index is 3.81. The van der Waals surface area contributed by atoms with Gasteiger partial charge < -0.3 is 29.4 Å². The van der Waals surface area contributed by atoms with E-state index in [9.17, 15) is 19.2 Å². The van der Waals surface area contributed by atoms with E-state index in [0.29, 0.717) is 0 Å². The largest absolute Gasteiger partial charge is 0.508 e. The van der Waals surface area contributed by atoms with E-state index < -0.39 is 36.7 Å². The summed E-state index contributed by atoms with van der Waals surface area (Å²) in [4.78, 5) is 43.5. The third-order valence-electron chi connectivity index (χ3n) is 2.12. The molecule has 0 rings (SSSR count). The zero-order valence-electron chi connectivity index (χ0n) is 12.1. The molecule has 0 saturated heterocycles. The highest BCUT2D eigenvalue weighted by Crippen LogP contribution is 1.91. The first-order chi connectivity index (χ1) is 10.4. The molecule has 10 heteroatoms. The quantitative estimate of drug-likeness (QED) is 0.237. The first-order valence-corrected chi connectivity index (χ1v) is 6.03. The number of carboxylic acid groups (broad SMARTS) is 1. The fourth-order valence-electron chi connectivity index (χ4n) is 0.991. The second kappa shape index (κ2) is 11.1. The maximum absolute atomic E-state index is 11.1. The van der Waals surface area contributed by atoms with E-state index in [1.807, 2.05) is 0 Å². The number of methoxy groups -OCH3 is 1. The summed E-state index contributed by atoms with van der Waals surface area (Å²) in [6.45, 7) is -0.950. The van der Waals surface area contributed by atoms with Crippen LogP contribution in [0.25, 0.3) is 0 Å². The zero-order chi connectivity index (χ0) is 17.0. The molecule has 1 atom stereocenters. The summed E-state index contributed by atoms with van der Waals surface area (Å²) in [6, 6.07) is -1.05. The van der Waals surface area contributed by atoms with Crippen molar-refractivity contribution in [3.05, 3.63) is 12.2 Å². The summed E-state index contributed by atoms with van der Waals surface area (Å²) in [6.07, 6.45) is 0.637. The van der Waals surface area contributed by atoms with Gasteiger partial charge in [0.15, 0.2) is 0 Å². The van der Waals surface area contributed by atoms with Gasteiger partial charge in [-0.2, -0.15) is 0 Å². The van der Waals surface area contributed by atoms with Crippen LogP contribution in [0.15, 0.2) is 12.2 Å². The van der Waals surface area contributed by atoms with Crippen LogP contribution in [0, 0.1) is 0 Å². The van der Waals surface area contributed by atoms with Crippen molar-refractivity contribution in [2.45, 2.75) is 6.04 Å². The summed E-state index contributed by atoms with van der Waals surface area (Å²) < 4.78 is 17.9. The minimum Gasteiger partial charge on any atom is -0.480 e. The topological polar surface area (TPSA) is 137 Å². The van der Waals surface area contributed by atoms with Crippen molar-refractivity contribution in [1.29, 1.82) is 0 Å². The molecule has 0 amide bonds. The molecule has 0 radical (unpaired) electrons. The van der Waals surface area contributed by atoms with Gasteiger partial charge in [-0.15, -0.1) is 0 Å². The Bertz CT molecular complexity index is 432. The SMILES string of the molecule is CN[C@@H](COC(=O)OCCOC(=O)/C=C/C(=O)OC)C(=O)O. The molecular formula is C12H17NO9. The molecule has 0 aliphatic carbocycles. The first-order valence-electron chi connectivity index (χ1n) is 6.03. The van der Waals surface area contributed by atoms with Gasteiger partial charge in [0.25, 0.3) is 0 Å². The Morgan fingerprint density at radius 3 is 2.18 bits per heavy atom. The number of carbonyl (C=O) groups is 4. The van der Waals surface area contributed by atoms with E-state index in [-0.39, 0.29) is 13.2 Å². The molecule has 0 unspecified atom stereocenters. The Labute approximate surface area is 126 Å². The first kappa shape index (κ1) is 19.4. The average Bonchev–Trinajstić information content (AvgIpc) is 2.49. The molecular weight excluding hydrogens is 302 g/mol. The molecule has 0 saturated carbocycles. The molecule has 124 valence electrons. The van der Waals surface area contributed by atoms with Crippen LogP contribution >= 0.6 is 0 Å². The van der Waals surface area contributed by atoms with Crippen LogP contribution in [-0.2, 0) is 33.3 Å². The molecule has 0 spiro atoms. The van der Waals surface area contributed by atoms with E-state index in [1.165, 1.54) is 7.05 Å². The summed E-state index contributed by atoms with van der Waals surface area (Å²) in [5.41, 5.74) is 0. The van der Waals surface area contributed by atoms with Crippen LogP contribution in [0.4, 0.5) is 4.79 Å². The van der Waals surface area contributed by atoms with Crippen molar-refractivity contribution in [2.75, 3.05) is 34.0 Å². The van der Waals surface area contributed by atoms with Crippen molar-refractivity contribution in [2.24, 2.45) is 0 Å². The molecule has 0 aliphatic heterocycles. The van der Waals surface area contributed by atoms with E-state index in [1.54, 1.807) is 0 Å². The van der Waals surface area contributed by atoms with Crippen molar-refractivity contribution in [3.63, 3.8) is 0 Å². The van der Waals surface area contributed by atoms with Crippen LogP contribution in [0.3, 0.4) is 0 Å². The lowest BCUT2D eigenvalue weighted by Gasteiger charge is -2.11. The summed E-state index contributed by atoms with van der Waals surface area (Å²) in [7, 11) is 2.55. The number of likely N-dealkylation sites (N-methyl/N-ethyl adjacent to an activating group) is 1. The van der Waals surface area contributed by atoms with Gasteiger partial charge in [0.05, 0.1) is 7.11 Å². The number of rotatable bonds is 9. The van der Waals surface area contributed by atoms with Gasteiger partial charge in [-0.05, 0) is 7.05 Å². The second-order valence-corrected chi connectivity index (χ2v) is 3.61. The number of ether oxygens (including phenoxy) is 4. The smallest absolute Gasteiger partial charge is 0.480 e. The highest BCUT2D eigenvalue weighted by Gasteiger charge is 2.17. The Kier molecular flexibility index (Phi) is 9.76. The fourth-order valence-corrected chi connectivity index (χ4v) is 0.991. The molecule has 0 bridgehead atoms. The highest BCUT2D eigenvalue weighted by molar-refractivity contribution is 5.91. The van der Waals surface area contributed by atoms with Gasteiger partial charge >= 0.3 is 24.1 Å². The van der Waals surface area contributed by atoms with E-state index in [2.05, 4.69) is 24.3 Å². The van der Waals surface area contributed by atoms with Gasteiger partial charge in [-0.25, -0.2) is 14.4 Å². The predicted molar refractivity (Wildman–Crippen MR) is 69.9 cm³/mol. The Morgan fingerprint density at radius 1 is 1.05 bits per heavy atom. The van der Waals surface area contributed by atoms with Crippen LogP contribution < -0.4 is 5.32 Å². The van der Waals surface area contributed by atoms with E-state index in [4.69, 9.17) is 5.11 Å². The molecule has 0 heterocycles. The van der Waals surface area contributed by atoms with Crippen LogP contribution in [0.5, 0.6) is 0 Å². The second-order valence-electron chi connectivity index (χ2n) is 3.61. The molecule has 10 nitrogen and oxygen atoms in total. The Hall–Kier alpha value is -2.62. The number of hydrogen-bond acceptors (Lipinski definition) is 9. The van der Waals surface area contributed by atoms with Crippen molar-refractivity contribution >= 4 is 24.1 Å². The monoisotopic (exact) mass is 319 g/mol. The van der Waals surface area contributed by atoms with Crippen LogP contribution in [0.2, 0.25) is 0 Å². The number of nitrogens with one attached hydrogen (secondary N) is 1. The third-order valence-corrected chi connectivity index (χ3v) is 2.12. The molecule has 0 aromatic carbocycles. The van der Waals surface area contributed by atoms with Crippen LogP contribution in [-0.4, -0.2) is 69.2 Å². The molecule has 0 fully saturated rings. The predicted octanol–water partition coefficient (Wildman–Crippen LogP) is -0.915. The van der Waals surface area contributed by atoms with Crippen LogP contribution in [0.1, 0.15) is 0 Å². The normalized spacial score (nSPS) is 11.5. The van der Waals surface area contributed by atoms with E-state index >= 15 is 0 Å². The maximum atomic E-state index is 11.1. The lowest BCUT2D eigenvalue weighted by molar-refractivity contribution is -0.141. The summed E-state index contributed by atoms with van der Waals surface area (Å²) in [5.74, 6) is -2.71. The third kappa shape index (κ3) is 9.31. The fraction of sp³-hybridized carbons (Fsp3) is 0.500.